The number of esters is 1. The summed E-state index contributed by atoms with van der Waals surface area (Å²) < 4.78 is 6.79. The van der Waals surface area contributed by atoms with Crippen molar-refractivity contribution in [3.8, 4) is 0 Å². The summed E-state index contributed by atoms with van der Waals surface area (Å²) in [4.78, 5) is 12.7. The Hall–Kier alpha value is -0.910. The quantitative estimate of drug-likeness (QED) is 0.550. The van der Waals surface area contributed by atoms with Gasteiger partial charge in [-0.1, -0.05) is 30.3 Å². The van der Waals surface area contributed by atoms with Gasteiger partial charge < -0.3 is 31.3 Å². The molecule has 2 heterocycles. The van der Waals surface area contributed by atoms with Gasteiger partial charge >= 0.3 is 5.97 Å². The Morgan fingerprint density at radius 1 is 1.20 bits per heavy atom. The number of halogens is 1. The molecule has 5 atom stereocenters. The molecule has 0 aliphatic carbocycles. The molecule has 2 bridgehead atoms. The maximum Gasteiger partial charge on any atom is 0.310 e. The van der Waals surface area contributed by atoms with Gasteiger partial charge in [-0.2, -0.15) is 0 Å². The Balaban J connectivity index is 0.00000225. The number of fused-ring (bicyclic) bond motifs is 2. The predicted octanol–water partition coefficient (Wildman–Crippen LogP) is 0.0632. The minimum atomic E-state index is -0.552. The third kappa shape index (κ3) is 3.79. The topological polar surface area (TPSA) is 46.5 Å². The van der Waals surface area contributed by atoms with Crippen LogP contribution in [0, 0.1) is 5.92 Å². The van der Waals surface area contributed by atoms with Gasteiger partial charge in [-0.05, 0) is 19.4 Å². The summed E-state index contributed by atoms with van der Waals surface area (Å²) in [5.41, 5.74) is 0.856. The Kier molecular flexibility index (Phi) is 6.68. The molecule has 4 nitrogen and oxygen atoms in total. The summed E-state index contributed by atoms with van der Waals surface area (Å²) in [6.07, 6.45) is 3.70. The van der Waals surface area contributed by atoms with Gasteiger partial charge in [0.2, 0.25) is 0 Å². The Bertz CT molecular complexity index is 564. The van der Waals surface area contributed by atoms with Crippen LogP contribution in [-0.2, 0) is 9.53 Å². The van der Waals surface area contributed by atoms with Crippen molar-refractivity contribution < 1.29 is 36.1 Å². The van der Waals surface area contributed by atoms with Crippen molar-refractivity contribution in [2.24, 2.45) is 5.92 Å². The second kappa shape index (κ2) is 8.19. The number of aliphatic hydroxyl groups is 1. The highest BCUT2D eigenvalue weighted by atomic mass is 79.9. The van der Waals surface area contributed by atoms with E-state index in [0.29, 0.717) is 18.1 Å². The molecule has 2 saturated heterocycles. The molecule has 1 aromatic carbocycles. The molecule has 0 saturated carbocycles. The molecular formula is C20H30BrNO3. The van der Waals surface area contributed by atoms with E-state index in [1.807, 2.05) is 30.3 Å². The summed E-state index contributed by atoms with van der Waals surface area (Å²) in [5.74, 6) is -0.157. The molecule has 1 aromatic rings. The average Bonchev–Trinajstić information content (AvgIpc) is 2.77. The Morgan fingerprint density at radius 3 is 2.24 bits per heavy atom. The number of carbonyl (C=O) groups is 1. The fourth-order valence-electron chi connectivity index (χ4n) is 4.83. The third-order valence-electron chi connectivity index (χ3n) is 6.56. The largest absolute Gasteiger partial charge is 1.00 e. The number of hydrogen-bond donors (Lipinski definition) is 1. The van der Waals surface area contributed by atoms with Crippen molar-refractivity contribution in [3.63, 3.8) is 0 Å². The van der Waals surface area contributed by atoms with Gasteiger partial charge in [0, 0.05) is 25.7 Å². The molecule has 2 fully saturated rings. The summed E-state index contributed by atoms with van der Waals surface area (Å²) in [7, 11) is 2.36. The van der Waals surface area contributed by atoms with Crippen LogP contribution in [0.2, 0.25) is 0 Å². The predicted molar refractivity (Wildman–Crippen MR) is 93.2 cm³/mol. The van der Waals surface area contributed by atoms with Gasteiger partial charge in [0.05, 0.1) is 37.7 Å². The molecule has 25 heavy (non-hydrogen) atoms. The first-order valence-corrected chi connectivity index (χ1v) is 9.18. The highest BCUT2D eigenvalue weighted by Gasteiger charge is 2.54. The number of piperidine rings is 1. The zero-order chi connectivity index (χ0) is 17.3. The van der Waals surface area contributed by atoms with Gasteiger partial charge in [0.15, 0.2) is 0 Å². The molecule has 3 unspecified atom stereocenters. The molecule has 1 N–H and O–H groups in total. The maximum absolute atomic E-state index is 12.7. The van der Waals surface area contributed by atoms with Gasteiger partial charge in [0.25, 0.3) is 0 Å². The zero-order valence-corrected chi connectivity index (χ0v) is 17.0. The first-order valence-electron chi connectivity index (χ1n) is 9.18. The van der Waals surface area contributed by atoms with Crippen molar-refractivity contribution in [1.29, 1.82) is 0 Å². The Labute approximate surface area is 161 Å². The van der Waals surface area contributed by atoms with Crippen LogP contribution >= 0.6 is 0 Å². The number of aliphatic hydroxyl groups excluding tert-OH is 1. The first-order chi connectivity index (χ1) is 11.5. The van der Waals surface area contributed by atoms with Crippen LogP contribution in [0.3, 0.4) is 0 Å². The van der Waals surface area contributed by atoms with Crippen LogP contribution in [0.4, 0.5) is 0 Å². The van der Waals surface area contributed by atoms with Crippen LogP contribution in [0.25, 0.3) is 0 Å². The van der Waals surface area contributed by atoms with E-state index in [4.69, 9.17) is 4.74 Å². The summed E-state index contributed by atoms with van der Waals surface area (Å²) in [5, 5.41) is 9.62. The molecule has 140 valence electrons. The molecule has 0 amide bonds. The number of rotatable bonds is 5. The second-order valence-corrected chi connectivity index (χ2v) is 7.89. The minimum absolute atomic E-state index is 0. The van der Waals surface area contributed by atoms with E-state index in [-0.39, 0.29) is 35.5 Å². The SMILES string of the molecule is CC(C)[N+]1(C)[C@@H]2CC[C@H]1CC(C(=O)OC(CO)c1ccccc1)C2.[Br-]. The molecule has 2 aliphatic rings. The molecule has 5 heteroatoms. The van der Waals surface area contributed by atoms with Crippen molar-refractivity contribution in [2.45, 2.75) is 63.8 Å². The van der Waals surface area contributed by atoms with Crippen molar-refractivity contribution >= 4 is 5.97 Å². The van der Waals surface area contributed by atoms with Gasteiger partial charge in [-0.3, -0.25) is 4.79 Å². The van der Waals surface area contributed by atoms with Crippen LogP contribution in [0.15, 0.2) is 30.3 Å². The van der Waals surface area contributed by atoms with Crippen LogP contribution in [-0.4, -0.2) is 47.3 Å². The van der Waals surface area contributed by atoms with Crippen molar-refractivity contribution in [3.05, 3.63) is 35.9 Å². The van der Waals surface area contributed by atoms with E-state index in [2.05, 4.69) is 20.9 Å². The van der Waals surface area contributed by atoms with Crippen LogP contribution in [0.5, 0.6) is 0 Å². The molecular weight excluding hydrogens is 382 g/mol. The molecule has 2 aliphatic heterocycles. The van der Waals surface area contributed by atoms with Crippen molar-refractivity contribution in [2.75, 3.05) is 13.7 Å². The van der Waals surface area contributed by atoms with E-state index >= 15 is 0 Å². The fraction of sp³-hybridized carbons (Fsp3) is 0.650. The highest BCUT2D eigenvalue weighted by Crippen LogP contribution is 2.45. The van der Waals surface area contributed by atoms with E-state index < -0.39 is 6.10 Å². The lowest BCUT2D eigenvalue weighted by Crippen LogP contribution is -3.00. The lowest BCUT2D eigenvalue weighted by atomic mass is 9.87. The fourth-order valence-corrected chi connectivity index (χ4v) is 4.83. The monoisotopic (exact) mass is 411 g/mol. The summed E-state index contributed by atoms with van der Waals surface area (Å²) in [6.45, 7) is 4.41. The smallest absolute Gasteiger partial charge is 0.310 e. The number of hydrogen-bond acceptors (Lipinski definition) is 3. The number of quaternary nitrogens is 1. The molecule has 0 aromatic heterocycles. The van der Waals surface area contributed by atoms with Gasteiger partial charge in [-0.25, -0.2) is 0 Å². The van der Waals surface area contributed by atoms with E-state index in [0.717, 1.165) is 22.9 Å². The standard InChI is InChI=1S/C20H30NO3.BrH/c1-14(2)21(3)17-9-10-18(21)12-16(11-17)20(23)24-19(13-22)15-7-5-4-6-8-15;/h4-8,14,16-19,22H,9-13H2,1-3H3;1H/q+1;/p-1/t16?,17-,18+,19?,21?;. The highest BCUT2D eigenvalue weighted by molar-refractivity contribution is 5.73. The molecule has 0 spiro atoms. The second-order valence-electron chi connectivity index (χ2n) is 7.89. The number of benzene rings is 1. The van der Waals surface area contributed by atoms with Crippen LogP contribution < -0.4 is 17.0 Å². The minimum Gasteiger partial charge on any atom is -1.00 e. The number of carbonyl (C=O) groups excluding carboxylic acids is 1. The van der Waals surface area contributed by atoms with E-state index in [9.17, 15) is 9.90 Å². The van der Waals surface area contributed by atoms with E-state index in [1.54, 1.807) is 0 Å². The number of nitrogens with zero attached hydrogens (tertiary/aromatic N) is 1. The normalized spacial score (nSPS) is 32.1. The van der Waals surface area contributed by atoms with Crippen molar-refractivity contribution in [1.82, 2.24) is 0 Å². The molecule has 3 rings (SSSR count). The van der Waals surface area contributed by atoms with Crippen LogP contribution in [0.1, 0.15) is 51.2 Å². The maximum atomic E-state index is 12.7. The lowest BCUT2D eigenvalue weighted by Gasteiger charge is -2.49. The average molecular weight is 412 g/mol. The van der Waals surface area contributed by atoms with Gasteiger partial charge in [-0.15, -0.1) is 0 Å². The zero-order valence-electron chi connectivity index (χ0n) is 15.4. The first kappa shape index (κ1) is 20.4. The Morgan fingerprint density at radius 2 is 1.76 bits per heavy atom. The summed E-state index contributed by atoms with van der Waals surface area (Å²) >= 11 is 0. The summed E-state index contributed by atoms with van der Waals surface area (Å²) in [6, 6.07) is 11.2. The van der Waals surface area contributed by atoms with Gasteiger partial charge in [0.1, 0.15) is 6.10 Å². The number of ether oxygens (including phenoxy) is 1. The van der Waals surface area contributed by atoms with E-state index in [1.165, 1.54) is 12.8 Å². The lowest BCUT2D eigenvalue weighted by molar-refractivity contribution is -0.968. The third-order valence-corrected chi connectivity index (χ3v) is 6.56. The molecule has 0 radical (unpaired) electrons.